The fraction of sp³-hybridized carbons (Fsp3) is 0.214. The summed E-state index contributed by atoms with van der Waals surface area (Å²) in [5, 5.41) is 3.80. The highest BCUT2D eigenvalue weighted by molar-refractivity contribution is 7.22. The Hall–Kier alpha value is -2.61. The third-order valence-electron chi connectivity index (χ3n) is 2.95. The zero-order valence-corrected chi connectivity index (χ0v) is 13.0. The maximum absolute atomic E-state index is 6.00. The summed E-state index contributed by atoms with van der Waals surface area (Å²) in [7, 11) is 1.64. The van der Waals surface area contributed by atoms with Gasteiger partial charge >= 0.3 is 0 Å². The van der Waals surface area contributed by atoms with E-state index < -0.39 is 0 Å². The maximum Gasteiger partial charge on any atom is 0.242 e. The molecular weight excluding hydrogens is 302 g/mol. The van der Waals surface area contributed by atoms with Crippen LogP contribution in [-0.2, 0) is 0 Å². The topological polar surface area (TPSA) is 95.2 Å². The maximum atomic E-state index is 6.00. The molecule has 2 heterocycles. The van der Waals surface area contributed by atoms with E-state index in [0.29, 0.717) is 29.1 Å². The van der Waals surface area contributed by atoms with E-state index in [0.717, 1.165) is 16.0 Å². The molecule has 0 bridgehead atoms. The third kappa shape index (κ3) is 2.73. The number of nitrogens with two attached hydrogens (primary N) is 1. The summed E-state index contributed by atoms with van der Waals surface area (Å²) < 4.78 is 11.6. The normalized spacial score (nSPS) is 10.6. The van der Waals surface area contributed by atoms with Crippen molar-refractivity contribution in [1.82, 2.24) is 15.0 Å². The lowest BCUT2D eigenvalue weighted by Crippen LogP contribution is -2.04. The van der Waals surface area contributed by atoms with E-state index in [1.165, 1.54) is 17.7 Å². The zero-order valence-electron chi connectivity index (χ0n) is 12.2. The molecule has 0 aliphatic carbocycles. The quantitative estimate of drug-likeness (QED) is 0.747. The number of ether oxygens (including phenoxy) is 2. The summed E-state index contributed by atoms with van der Waals surface area (Å²) in [6.45, 7) is 2.36. The molecule has 0 saturated carbocycles. The van der Waals surface area contributed by atoms with E-state index in [4.69, 9.17) is 15.2 Å². The number of thiazole rings is 1. The first-order valence-corrected chi connectivity index (χ1v) is 7.47. The molecule has 0 aliphatic heterocycles. The van der Waals surface area contributed by atoms with Crippen molar-refractivity contribution < 1.29 is 9.47 Å². The van der Waals surface area contributed by atoms with E-state index in [9.17, 15) is 0 Å². The molecule has 3 rings (SSSR count). The Kier molecular flexibility index (Phi) is 3.92. The number of anilines is 3. The Morgan fingerprint density at radius 3 is 2.95 bits per heavy atom. The monoisotopic (exact) mass is 317 g/mol. The van der Waals surface area contributed by atoms with Gasteiger partial charge in [0.1, 0.15) is 17.8 Å². The van der Waals surface area contributed by atoms with Gasteiger partial charge in [-0.15, -0.1) is 0 Å². The van der Waals surface area contributed by atoms with Crippen molar-refractivity contribution in [2.75, 3.05) is 24.8 Å². The molecule has 3 aromatic rings. The number of nitrogen functional groups attached to an aromatic ring is 1. The zero-order chi connectivity index (χ0) is 15.5. The van der Waals surface area contributed by atoms with E-state index in [1.54, 1.807) is 7.11 Å². The lowest BCUT2D eigenvalue weighted by atomic mass is 10.3. The fourth-order valence-electron chi connectivity index (χ4n) is 1.92. The van der Waals surface area contributed by atoms with Gasteiger partial charge in [0.25, 0.3) is 0 Å². The van der Waals surface area contributed by atoms with Gasteiger partial charge in [0.2, 0.25) is 5.88 Å². The predicted molar refractivity (Wildman–Crippen MR) is 87.1 cm³/mol. The summed E-state index contributed by atoms with van der Waals surface area (Å²) >= 11 is 1.49. The van der Waals surface area contributed by atoms with Crippen LogP contribution in [0.5, 0.6) is 11.6 Å². The van der Waals surface area contributed by atoms with Crippen molar-refractivity contribution in [1.29, 1.82) is 0 Å². The Morgan fingerprint density at radius 2 is 2.18 bits per heavy atom. The van der Waals surface area contributed by atoms with Crippen LogP contribution < -0.4 is 20.5 Å². The van der Waals surface area contributed by atoms with E-state index in [2.05, 4.69) is 20.3 Å². The fourth-order valence-corrected chi connectivity index (χ4v) is 2.81. The van der Waals surface area contributed by atoms with Crippen LogP contribution in [0.4, 0.5) is 16.6 Å². The first-order chi connectivity index (χ1) is 10.7. The molecule has 114 valence electrons. The summed E-state index contributed by atoms with van der Waals surface area (Å²) in [5.74, 6) is 1.63. The second-order valence-electron chi connectivity index (χ2n) is 4.35. The SMILES string of the molecule is CCOc1ncnc(Nc2nc3ccc(OC)cc3s2)c1N. The third-order valence-corrected chi connectivity index (χ3v) is 3.88. The molecule has 0 atom stereocenters. The van der Waals surface area contributed by atoms with Gasteiger partial charge in [0.15, 0.2) is 10.9 Å². The molecule has 0 radical (unpaired) electrons. The Morgan fingerprint density at radius 1 is 1.32 bits per heavy atom. The highest BCUT2D eigenvalue weighted by Crippen LogP contribution is 2.33. The average molecular weight is 317 g/mol. The van der Waals surface area contributed by atoms with Crippen LogP contribution in [0.1, 0.15) is 6.92 Å². The Balaban J connectivity index is 1.91. The largest absolute Gasteiger partial charge is 0.497 e. The minimum atomic E-state index is 0.362. The molecule has 2 aromatic heterocycles. The van der Waals surface area contributed by atoms with Gasteiger partial charge in [0, 0.05) is 0 Å². The van der Waals surface area contributed by atoms with Crippen molar-refractivity contribution in [3.63, 3.8) is 0 Å². The molecule has 0 amide bonds. The predicted octanol–water partition coefficient (Wildman–Crippen LogP) is 2.82. The lowest BCUT2D eigenvalue weighted by Gasteiger charge is -2.08. The van der Waals surface area contributed by atoms with E-state index in [1.807, 2.05) is 25.1 Å². The van der Waals surface area contributed by atoms with Crippen LogP contribution in [-0.4, -0.2) is 28.7 Å². The molecular formula is C14H15N5O2S. The first-order valence-electron chi connectivity index (χ1n) is 6.66. The number of aromatic nitrogens is 3. The van der Waals surface area contributed by atoms with Crippen LogP contribution in [0, 0.1) is 0 Å². The van der Waals surface area contributed by atoms with Gasteiger partial charge in [-0.25, -0.2) is 9.97 Å². The number of hydrogen-bond donors (Lipinski definition) is 2. The highest BCUT2D eigenvalue weighted by Gasteiger charge is 2.11. The summed E-state index contributed by atoms with van der Waals surface area (Å²) in [4.78, 5) is 12.6. The van der Waals surface area contributed by atoms with Gasteiger partial charge in [-0.05, 0) is 25.1 Å². The number of nitrogens with one attached hydrogen (secondary N) is 1. The number of fused-ring (bicyclic) bond motifs is 1. The first kappa shape index (κ1) is 14.3. The van der Waals surface area contributed by atoms with Gasteiger partial charge < -0.3 is 20.5 Å². The number of hydrogen-bond acceptors (Lipinski definition) is 8. The standard InChI is InChI=1S/C14H15N5O2S/c1-3-21-13-11(15)12(16-7-17-13)19-14-18-9-5-4-8(20-2)6-10(9)22-14/h4-7H,3,15H2,1-2H3,(H,16,17,18,19). The van der Waals surface area contributed by atoms with Gasteiger partial charge in [0.05, 0.1) is 23.9 Å². The molecule has 0 aliphatic rings. The van der Waals surface area contributed by atoms with Crippen LogP contribution in [0.25, 0.3) is 10.2 Å². The molecule has 3 N–H and O–H groups in total. The molecule has 22 heavy (non-hydrogen) atoms. The number of methoxy groups -OCH3 is 1. The number of rotatable bonds is 5. The summed E-state index contributed by atoms with van der Waals surface area (Å²) in [6, 6.07) is 5.72. The molecule has 0 fully saturated rings. The minimum absolute atomic E-state index is 0.362. The van der Waals surface area contributed by atoms with Crippen LogP contribution in [0.15, 0.2) is 24.5 Å². The molecule has 0 unspecified atom stereocenters. The van der Waals surface area contributed by atoms with Crippen molar-refractivity contribution >= 4 is 38.2 Å². The van der Waals surface area contributed by atoms with Crippen molar-refractivity contribution in [2.24, 2.45) is 0 Å². The molecule has 1 aromatic carbocycles. The summed E-state index contributed by atoms with van der Waals surface area (Å²) in [5.41, 5.74) is 7.24. The van der Waals surface area contributed by atoms with Crippen molar-refractivity contribution in [2.45, 2.75) is 6.92 Å². The number of benzene rings is 1. The summed E-state index contributed by atoms with van der Waals surface area (Å²) in [6.07, 6.45) is 1.40. The lowest BCUT2D eigenvalue weighted by molar-refractivity contribution is 0.328. The molecule has 8 heteroatoms. The van der Waals surface area contributed by atoms with Gasteiger partial charge in [-0.3, -0.25) is 0 Å². The average Bonchev–Trinajstić information content (AvgIpc) is 2.92. The van der Waals surface area contributed by atoms with Crippen LogP contribution in [0.2, 0.25) is 0 Å². The molecule has 0 saturated heterocycles. The second kappa shape index (κ2) is 6.02. The van der Waals surface area contributed by atoms with Crippen molar-refractivity contribution in [3.8, 4) is 11.6 Å². The second-order valence-corrected chi connectivity index (χ2v) is 5.38. The Labute approximate surface area is 131 Å². The van der Waals surface area contributed by atoms with Crippen LogP contribution >= 0.6 is 11.3 Å². The van der Waals surface area contributed by atoms with Crippen LogP contribution in [0.3, 0.4) is 0 Å². The van der Waals surface area contributed by atoms with Gasteiger partial charge in [-0.1, -0.05) is 11.3 Å². The molecule has 0 spiro atoms. The minimum Gasteiger partial charge on any atom is -0.497 e. The highest BCUT2D eigenvalue weighted by atomic mass is 32.1. The number of nitrogens with zero attached hydrogens (tertiary/aromatic N) is 3. The van der Waals surface area contributed by atoms with E-state index >= 15 is 0 Å². The van der Waals surface area contributed by atoms with Crippen molar-refractivity contribution in [3.05, 3.63) is 24.5 Å². The van der Waals surface area contributed by atoms with Gasteiger partial charge in [-0.2, -0.15) is 4.98 Å². The smallest absolute Gasteiger partial charge is 0.242 e. The Bertz CT molecular complexity index is 805. The van der Waals surface area contributed by atoms with E-state index in [-0.39, 0.29) is 0 Å². The molecule has 7 nitrogen and oxygen atoms in total.